The lowest BCUT2D eigenvalue weighted by Crippen LogP contribution is -2.53. The summed E-state index contributed by atoms with van der Waals surface area (Å²) in [6.07, 6.45) is 8.14. The van der Waals surface area contributed by atoms with E-state index in [2.05, 4.69) is 22.8 Å². The molecule has 2 atom stereocenters. The third kappa shape index (κ3) is 7.11. The van der Waals surface area contributed by atoms with Crippen LogP contribution in [-0.2, 0) is 31.4 Å². The fourth-order valence-electron chi connectivity index (χ4n) is 6.27. The van der Waals surface area contributed by atoms with E-state index in [1.54, 1.807) is 12.1 Å². The number of sulfone groups is 1. The number of nitrogens with zero attached hydrogens (tertiary/aromatic N) is 1. The highest BCUT2D eigenvalue weighted by Crippen LogP contribution is 2.45. The van der Waals surface area contributed by atoms with Gasteiger partial charge in [0.2, 0.25) is 5.91 Å². The molecule has 1 aromatic rings. The number of carbonyl (C=O) groups is 2. The molecule has 0 aromatic heterocycles. The molecule has 2 amide bonds. The van der Waals surface area contributed by atoms with Crippen molar-refractivity contribution in [2.24, 2.45) is 10.9 Å². The normalized spacial score (nSPS) is 25.3. The van der Waals surface area contributed by atoms with Crippen LogP contribution < -0.4 is 15.4 Å². The van der Waals surface area contributed by atoms with Crippen molar-refractivity contribution in [1.29, 1.82) is 0 Å². The number of aryl methyl sites for hydroxylation is 1. The first-order valence-electron chi connectivity index (χ1n) is 14.2. The van der Waals surface area contributed by atoms with Crippen molar-refractivity contribution >= 4 is 27.4 Å². The first-order chi connectivity index (χ1) is 20.2. The molecule has 2 aliphatic carbocycles. The van der Waals surface area contributed by atoms with E-state index in [0.29, 0.717) is 43.6 Å². The van der Waals surface area contributed by atoms with E-state index < -0.39 is 51.6 Å². The summed E-state index contributed by atoms with van der Waals surface area (Å²) in [6, 6.07) is 4.75. The van der Waals surface area contributed by atoms with Crippen LogP contribution in [0.1, 0.15) is 50.2 Å². The van der Waals surface area contributed by atoms with Crippen molar-refractivity contribution in [2.45, 2.75) is 57.2 Å². The lowest BCUT2D eigenvalue weighted by Gasteiger charge is -2.38. The second-order valence-corrected chi connectivity index (χ2v) is 13.7. The molecule has 1 fully saturated rings. The first-order valence-corrected chi connectivity index (χ1v) is 16.2. The molecule has 0 radical (unpaired) electrons. The van der Waals surface area contributed by atoms with E-state index in [1.807, 2.05) is 19.1 Å². The van der Waals surface area contributed by atoms with Crippen LogP contribution in [0.2, 0.25) is 0 Å². The van der Waals surface area contributed by atoms with E-state index in [4.69, 9.17) is 9.73 Å². The van der Waals surface area contributed by atoms with Crippen molar-refractivity contribution in [3.63, 3.8) is 0 Å². The molecule has 1 unspecified atom stereocenters. The number of amides is 2. The summed E-state index contributed by atoms with van der Waals surface area (Å²) >= 11 is 0. The van der Waals surface area contributed by atoms with Gasteiger partial charge in [0.15, 0.2) is 16.4 Å². The van der Waals surface area contributed by atoms with Crippen LogP contribution in [-0.4, -0.2) is 57.3 Å². The summed E-state index contributed by atoms with van der Waals surface area (Å²) in [6.45, 7) is 0.990. The Morgan fingerprint density at radius 1 is 1.21 bits per heavy atom. The molecule has 2 N–H and O–H groups in total. The number of benzene rings is 1. The number of hydrogen-bond acceptors (Lipinski definition) is 6. The van der Waals surface area contributed by atoms with E-state index in [9.17, 15) is 31.2 Å². The number of aliphatic imine (C=N–C) groups is 1. The van der Waals surface area contributed by atoms with Crippen molar-refractivity contribution in [3.05, 3.63) is 76.0 Å². The monoisotopic (exact) mass is 617 g/mol. The minimum atomic E-state index is -4.46. The number of allylic oxidation sites excluding steroid dienone is 6. The summed E-state index contributed by atoms with van der Waals surface area (Å²) in [5.74, 6) is -2.19. The van der Waals surface area contributed by atoms with Gasteiger partial charge >= 0.3 is 6.18 Å². The van der Waals surface area contributed by atoms with Crippen LogP contribution >= 0.6 is 0 Å². The Balaban J connectivity index is 1.51. The molecule has 8 nitrogen and oxygen atoms in total. The number of fused-ring (bicyclic) bond motifs is 3. The number of rotatable bonds is 6. The number of piperidine rings is 1. The number of hydrogen-bond donors (Lipinski definition) is 2. The maximum Gasteiger partial charge on any atom is 0.422 e. The second-order valence-electron chi connectivity index (χ2n) is 11.6. The fraction of sp³-hybridized carbons (Fsp3) is 0.452. The highest BCUT2D eigenvalue weighted by atomic mass is 32.2. The van der Waals surface area contributed by atoms with Crippen molar-refractivity contribution in [2.75, 3.05) is 25.2 Å². The Morgan fingerprint density at radius 2 is 1.98 bits per heavy atom. The quantitative estimate of drug-likeness (QED) is 0.492. The fourth-order valence-corrected chi connectivity index (χ4v) is 6.82. The summed E-state index contributed by atoms with van der Waals surface area (Å²) in [5, 5.41) is 5.93. The Labute approximate surface area is 248 Å². The highest BCUT2D eigenvalue weighted by molar-refractivity contribution is 7.91. The van der Waals surface area contributed by atoms with Gasteiger partial charge in [-0.3, -0.25) is 14.6 Å². The third-order valence-corrected chi connectivity index (χ3v) is 8.90. The van der Waals surface area contributed by atoms with E-state index >= 15 is 0 Å². The third-order valence-electron chi connectivity index (χ3n) is 8.11. The van der Waals surface area contributed by atoms with Gasteiger partial charge in [-0.25, -0.2) is 8.42 Å². The molecule has 2 heterocycles. The van der Waals surface area contributed by atoms with Crippen LogP contribution in [0.15, 0.2) is 69.9 Å². The molecule has 4 aliphatic rings. The van der Waals surface area contributed by atoms with E-state index in [-0.39, 0.29) is 11.3 Å². The molecule has 230 valence electrons. The Kier molecular flexibility index (Phi) is 8.43. The molecule has 5 rings (SSSR count). The molecular formula is C31H34F3N3O5S. The predicted octanol–water partition coefficient (Wildman–Crippen LogP) is 4.39. The zero-order valence-corrected chi connectivity index (χ0v) is 24.8. The SMILES string of the molecule is CC1=CCC/C=C(\C2CCN=C3C[C@]4(CCc5cc(OCC(F)(F)F)ccc54)NC(=O)C3=C2NC(=O)CS(C)(=O)=O)C=C1. The van der Waals surface area contributed by atoms with Crippen LogP contribution in [0.25, 0.3) is 0 Å². The van der Waals surface area contributed by atoms with Gasteiger partial charge in [0.1, 0.15) is 11.5 Å². The Morgan fingerprint density at radius 3 is 2.72 bits per heavy atom. The van der Waals surface area contributed by atoms with E-state index in [0.717, 1.165) is 41.4 Å². The van der Waals surface area contributed by atoms with Gasteiger partial charge in [-0.05, 0) is 67.9 Å². The predicted molar refractivity (Wildman–Crippen MR) is 156 cm³/mol. The molecule has 0 saturated carbocycles. The zero-order chi connectivity index (χ0) is 31.0. The van der Waals surface area contributed by atoms with Gasteiger partial charge in [-0.15, -0.1) is 0 Å². The van der Waals surface area contributed by atoms with Crippen molar-refractivity contribution in [1.82, 2.24) is 10.6 Å². The number of halogens is 3. The molecule has 12 heteroatoms. The standard InChI is InChI=1S/C31H34F3N3O5S/c1-19-5-3-4-6-20(8-7-19)23-12-14-35-25-16-30(37-29(39)27(25)28(23)36-26(38)17-43(2,40)41)13-11-21-15-22(9-10-24(21)30)42-18-31(32,33)34/h5-10,15,23H,3-4,11-14,16-18H2,1-2H3,(H,36,38)(H,37,39)/b8-7?,19-5?,20-6-/t23?,30-/m0/s1. The minimum absolute atomic E-state index is 0.104. The zero-order valence-electron chi connectivity index (χ0n) is 24.0. The Bertz CT molecular complexity index is 1600. The number of nitrogens with one attached hydrogen (secondary N) is 2. The van der Waals surface area contributed by atoms with Crippen molar-refractivity contribution in [3.8, 4) is 5.75 Å². The molecule has 1 saturated heterocycles. The van der Waals surface area contributed by atoms with Crippen LogP contribution in [0.3, 0.4) is 0 Å². The second kappa shape index (κ2) is 11.8. The molecule has 1 spiro atoms. The molecule has 2 aliphatic heterocycles. The number of ether oxygens (including phenoxy) is 1. The lowest BCUT2D eigenvalue weighted by atomic mass is 9.78. The van der Waals surface area contributed by atoms with Crippen molar-refractivity contribution < 1.29 is 35.9 Å². The summed E-state index contributed by atoms with van der Waals surface area (Å²) in [5.41, 5.74) is 3.85. The molecule has 43 heavy (non-hydrogen) atoms. The van der Waals surface area contributed by atoms with Crippen LogP contribution in [0, 0.1) is 5.92 Å². The Hall–Kier alpha value is -3.67. The largest absolute Gasteiger partial charge is 0.484 e. The van der Waals surface area contributed by atoms with Gasteiger partial charge in [-0.2, -0.15) is 13.2 Å². The average molecular weight is 618 g/mol. The van der Waals surface area contributed by atoms with Gasteiger partial charge in [0, 0.05) is 30.8 Å². The maximum atomic E-state index is 14.0. The van der Waals surface area contributed by atoms with E-state index in [1.165, 1.54) is 6.07 Å². The molecule has 1 aromatic carbocycles. The lowest BCUT2D eigenvalue weighted by molar-refractivity contribution is -0.153. The summed E-state index contributed by atoms with van der Waals surface area (Å²) < 4.78 is 66.8. The van der Waals surface area contributed by atoms with Gasteiger partial charge in [0.25, 0.3) is 5.91 Å². The van der Waals surface area contributed by atoms with Gasteiger partial charge in [0.05, 0.1) is 16.8 Å². The number of carbonyl (C=O) groups excluding carboxylic acids is 2. The maximum absolute atomic E-state index is 14.0. The van der Waals surface area contributed by atoms with Crippen LogP contribution in [0.4, 0.5) is 13.2 Å². The van der Waals surface area contributed by atoms with Gasteiger partial charge in [-0.1, -0.05) is 35.9 Å². The number of alkyl halides is 3. The topological polar surface area (TPSA) is 114 Å². The molecular weight excluding hydrogens is 583 g/mol. The average Bonchev–Trinajstić information content (AvgIpc) is 3.11. The summed E-state index contributed by atoms with van der Waals surface area (Å²) in [7, 11) is -3.63. The first kappa shape index (κ1) is 30.8. The highest BCUT2D eigenvalue weighted by Gasteiger charge is 2.48. The summed E-state index contributed by atoms with van der Waals surface area (Å²) in [4.78, 5) is 31.8. The minimum Gasteiger partial charge on any atom is -0.484 e. The van der Waals surface area contributed by atoms with Crippen LogP contribution in [0.5, 0.6) is 5.75 Å². The smallest absolute Gasteiger partial charge is 0.422 e. The van der Waals surface area contributed by atoms with Gasteiger partial charge < -0.3 is 15.4 Å². The molecule has 0 bridgehead atoms.